The molecule has 0 spiro atoms. The number of nitrogen functional groups attached to an aromatic ring is 1. The molecule has 0 aliphatic heterocycles. The van der Waals surface area contributed by atoms with Crippen LogP contribution in [0, 0.1) is 18.7 Å². The predicted molar refractivity (Wildman–Crippen MR) is 74.3 cm³/mol. The summed E-state index contributed by atoms with van der Waals surface area (Å²) >= 11 is 0. The predicted octanol–water partition coefficient (Wildman–Crippen LogP) is 3.19. The maximum Gasteiger partial charge on any atom is 0.128 e. The normalized spacial score (nSPS) is 10.9. The van der Waals surface area contributed by atoms with Gasteiger partial charge in [0.15, 0.2) is 0 Å². The van der Waals surface area contributed by atoms with Crippen molar-refractivity contribution in [1.82, 2.24) is 0 Å². The van der Waals surface area contributed by atoms with Crippen LogP contribution in [0.25, 0.3) is 0 Å². The Bertz CT molecular complexity index is 380. The molecule has 1 aromatic carbocycles. The summed E-state index contributed by atoms with van der Waals surface area (Å²) in [6.45, 7) is 8.14. The molecule has 0 heterocycles. The number of aryl methyl sites for hydroxylation is 1. The molecule has 0 aliphatic rings. The van der Waals surface area contributed by atoms with E-state index in [0.717, 1.165) is 18.7 Å². The molecule has 0 radical (unpaired) electrons. The van der Waals surface area contributed by atoms with E-state index < -0.39 is 0 Å². The van der Waals surface area contributed by atoms with Crippen molar-refractivity contribution in [1.29, 1.82) is 0 Å². The zero-order valence-corrected chi connectivity index (χ0v) is 11.4. The third-order valence-electron chi connectivity index (χ3n) is 2.73. The van der Waals surface area contributed by atoms with E-state index in [1.165, 1.54) is 6.07 Å². The lowest BCUT2D eigenvalue weighted by atomic mass is 10.1. The van der Waals surface area contributed by atoms with E-state index in [1.807, 2.05) is 0 Å². The highest BCUT2D eigenvalue weighted by Crippen LogP contribution is 2.22. The zero-order valence-electron chi connectivity index (χ0n) is 11.4. The lowest BCUT2D eigenvalue weighted by Gasteiger charge is -2.11. The van der Waals surface area contributed by atoms with Gasteiger partial charge in [-0.05, 0) is 37.0 Å². The Morgan fingerprint density at radius 3 is 2.72 bits per heavy atom. The van der Waals surface area contributed by atoms with Crippen molar-refractivity contribution < 1.29 is 9.13 Å². The Morgan fingerprint density at radius 2 is 2.06 bits per heavy atom. The Morgan fingerprint density at radius 1 is 1.33 bits per heavy atom. The minimum atomic E-state index is -0.272. The molecule has 3 N–H and O–H groups in total. The largest absolute Gasteiger partial charge is 0.397 e. The first kappa shape index (κ1) is 14.8. The van der Waals surface area contributed by atoms with Crippen molar-refractivity contribution >= 4 is 11.4 Å². The van der Waals surface area contributed by atoms with Crippen LogP contribution in [0.3, 0.4) is 0 Å². The molecule has 4 heteroatoms. The third-order valence-corrected chi connectivity index (χ3v) is 2.73. The second kappa shape index (κ2) is 7.21. The van der Waals surface area contributed by atoms with Crippen LogP contribution >= 0.6 is 0 Å². The molecule has 0 bridgehead atoms. The molecule has 0 unspecified atom stereocenters. The number of ether oxygens (including phenoxy) is 1. The van der Waals surface area contributed by atoms with E-state index in [9.17, 15) is 4.39 Å². The zero-order chi connectivity index (χ0) is 13.5. The lowest BCUT2D eigenvalue weighted by molar-refractivity contribution is 0.132. The molecule has 0 aromatic heterocycles. The average molecular weight is 254 g/mol. The summed E-state index contributed by atoms with van der Waals surface area (Å²) in [6.07, 6.45) is 1.07. The fraction of sp³-hybridized carbons (Fsp3) is 0.571. The van der Waals surface area contributed by atoms with Gasteiger partial charge in [0.25, 0.3) is 0 Å². The van der Waals surface area contributed by atoms with Gasteiger partial charge in [-0.2, -0.15) is 0 Å². The second-order valence-corrected chi connectivity index (χ2v) is 4.91. The number of hydrogen-bond donors (Lipinski definition) is 2. The summed E-state index contributed by atoms with van der Waals surface area (Å²) in [5.41, 5.74) is 7.51. The van der Waals surface area contributed by atoms with Crippen molar-refractivity contribution in [3.63, 3.8) is 0 Å². The molecule has 0 saturated carbocycles. The molecule has 18 heavy (non-hydrogen) atoms. The van der Waals surface area contributed by atoms with E-state index in [2.05, 4.69) is 19.2 Å². The fourth-order valence-electron chi connectivity index (χ4n) is 1.53. The quantitative estimate of drug-likeness (QED) is 0.580. The Kier molecular flexibility index (Phi) is 5.92. The maximum absolute atomic E-state index is 13.2. The van der Waals surface area contributed by atoms with Gasteiger partial charge in [-0.25, -0.2) is 4.39 Å². The Balaban J connectivity index is 2.29. The molecule has 1 aromatic rings. The van der Waals surface area contributed by atoms with Crippen LogP contribution in [0.4, 0.5) is 15.8 Å². The third kappa shape index (κ3) is 4.92. The van der Waals surface area contributed by atoms with Crippen LogP contribution in [-0.2, 0) is 4.74 Å². The molecule has 3 nitrogen and oxygen atoms in total. The van der Waals surface area contributed by atoms with Gasteiger partial charge in [-0.3, -0.25) is 0 Å². The summed E-state index contributed by atoms with van der Waals surface area (Å²) in [5, 5.41) is 3.15. The van der Waals surface area contributed by atoms with Crippen LogP contribution in [0.15, 0.2) is 12.1 Å². The molecular weight excluding hydrogens is 231 g/mol. The van der Waals surface area contributed by atoms with Gasteiger partial charge in [0.1, 0.15) is 5.82 Å². The van der Waals surface area contributed by atoms with Gasteiger partial charge in [0.05, 0.1) is 18.0 Å². The molecular formula is C14H23FN2O. The van der Waals surface area contributed by atoms with Gasteiger partial charge < -0.3 is 15.8 Å². The minimum absolute atomic E-state index is 0.272. The monoisotopic (exact) mass is 254 g/mol. The van der Waals surface area contributed by atoms with Gasteiger partial charge in [-0.1, -0.05) is 13.8 Å². The Labute approximate surface area is 109 Å². The highest BCUT2D eigenvalue weighted by molar-refractivity contribution is 5.67. The van der Waals surface area contributed by atoms with Crippen molar-refractivity contribution in [2.24, 2.45) is 5.92 Å². The second-order valence-electron chi connectivity index (χ2n) is 4.91. The molecule has 0 saturated heterocycles. The van der Waals surface area contributed by atoms with Crippen molar-refractivity contribution in [3.05, 3.63) is 23.5 Å². The van der Waals surface area contributed by atoms with E-state index in [0.29, 0.717) is 30.3 Å². The van der Waals surface area contributed by atoms with Crippen molar-refractivity contribution in [3.8, 4) is 0 Å². The van der Waals surface area contributed by atoms with Crippen molar-refractivity contribution in [2.75, 3.05) is 30.8 Å². The van der Waals surface area contributed by atoms with Gasteiger partial charge in [-0.15, -0.1) is 0 Å². The number of halogens is 1. The lowest BCUT2D eigenvalue weighted by Crippen LogP contribution is -2.12. The first-order valence-electron chi connectivity index (χ1n) is 6.38. The van der Waals surface area contributed by atoms with E-state index in [-0.39, 0.29) is 5.82 Å². The Hall–Kier alpha value is -1.29. The van der Waals surface area contributed by atoms with Crippen LogP contribution in [0.1, 0.15) is 25.8 Å². The van der Waals surface area contributed by atoms with Crippen LogP contribution < -0.4 is 11.1 Å². The topological polar surface area (TPSA) is 47.3 Å². The van der Waals surface area contributed by atoms with E-state index in [4.69, 9.17) is 10.5 Å². The van der Waals surface area contributed by atoms with Crippen LogP contribution in [0.5, 0.6) is 0 Å². The van der Waals surface area contributed by atoms with Crippen molar-refractivity contribution in [2.45, 2.75) is 27.2 Å². The summed E-state index contributed by atoms with van der Waals surface area (Å²) < 4.78 is 18.7. The number of rotatable bonds is 7. The summed E-state index contributed by atoms with van der Waals surface area (Å²) in [4.78, 5) is 0. The minimum Gasteiger partial charge on any atom is -0.397 e. The fourth-order valence-corrected chi connectivity index (χ4v) is 1.53. The van der Waals surface area contributed by atoms with Gasteiger partial charge >= 0.3 is 0 Å². The van der Waals surface area contributed by atoms with E-state index >= 15 is 0 Å². The number of anilines is 2. The number of nitrogens with one attached hydrogen (secondary N) is 1. The number of benzene rings is 1. The van der Waals surface area contributed by atoms with Crippen LogP contribution in [0.2, 0.25) is 0 Å². The molecule has 102 valence electrons. The van der Waals surface area contributed by atoms with Gasteiger partial charge in [0, 0.05) is 13.2 Å². The SMILES string of the molecule is Cc1cc(NCCOCCC(C)C)c(N)cc1F. The highest BCUT2D eigenvalue weighted by atomic mass is 19.1. The summed E-state index contributed by atoms with van der Waals surface area (Å²) in [6, 6.07) is 3.07. The van der Waals surface area contributed by atoms with E-state index in [1.54, 1.807) is 13.0 Å². The molecule has 0 atom stereocenters. The molecule has 0 fully saturated rings. The first-order chi connectivity index (χ1) is 8.50. The van der Waals surface area contributed by atoms with Crippen LogP contribution in [-0.4, -0.2) is 19.8 Å². The maximum atomic E-state index is 13.2. The highest BCUT2D eigenvalue weighted by Gasteiger charge is 2.04. The smallest absolute Gasteiger partial charge is 0.128 e. The summed E-state index contributed by atoms with van der Waals surface area (Å²) in [5.74, 6) is 0.389. The number of nitrogens with two attached hydrogens (primary N) is 1. The molecule has 1 rings (SSSR count). The average Bonchev–Trinajstić information content (AvgIpc) is 2.29. The van der Waals surface area contributed by atoms with Gasteiger partial charge in [0.2, 0.25) is 0 Å². The molecule has 0 amide bonds. The summed E-state index contributed by atoms with van der Waals surface area (Å²) in [7, 11) is 0. The standard InChI is InChI=1S/C14H23FN2O/c1-10(2)4-6-18-7-5-17-14-8-11(3)12(15)9-13(14)16/h8-10,17H,4-7,16H2,1-3H3. The number of hydrogen-bond acceptors (Lipinski definition) is 3. The first-order valence-corrected chi connectivity index (χ1v) is 6.38. The molecule has 0 aliphatic carbocycles.